The van der Waals surface area contributed by atoms with Crippen LogP contribution in [0.4, 0.5) is 0 Å². The van der Waals surface area contributed by atoms with Gasteiger partial charge in [0.1, 0.15) is 24.3 Å². The number of carbonyl (C=O) groups excluding carboxylic acids is 2. The molecule has 0 radical (unpaired) electrons. The van der Waals surface area contributed by atoms with Gasteiger partial charge < -0.3 is 15.3 Å². The highest BCUT2D eigenvalue weighted by Crippen LogP contribution is 2.12. The van der Waals surface area contributed by atoms with Gasteiger partial charge >= 0.3 is 5.97 Å². The largest absolute Gasteiger partial charge is 0.480 e. The Morgan fingerprint density at radius 2 is 2.24 bits per heavy atom. The van der Waals surface area contributed by atoms with Crippen LogP contribution in [0.5, 0.6) is 0 Å². The van der Waals surface area contributed by atoms with Crippen LogP contribution in [0.25, 0.3) is 0 Å². The number of nitrogens with zero attached hydrogens (tertiary/aromatic N) is 3. The maximum atomic E-state index is 12.3. The van der Waals surface area contributed by atoms with Gasteiger partial charge in [0, 0.05) is 6.54 Å². The minimum atomic E-state index is -1.20. The Labute approximate surface area is 120 Å². The Bertz CT molecular complexity index is 665. The van der Waals surface area contributed by atoms with E-state index in [1.807, 2.05) is 6.07 Å². The molecule has 2 heterocycles. The second-order valence-electron chi connectivity index (χ2n) is 4.53. The third-order valence-corrected chi connectivity index (χ3v) is 3.15. The number of rotatable bonds is 2. The molecular formula is C13H12N4O4. The highest BCUT2D eigenvalue weighted by Gasteiger charge is 2.36. The fraction of sp³-hybridized carbons (Fsp3) is 0.308. The summed E-state index contributed by atoms with van der Waals surface area (Å²) < 4.78 is 0. The first-order chi connectivity index (χ1) is 9.93. The number of amides is 2. The van der Waals surface area contributed by atoms with Crippen LogP contribution in [-0.2, 0) is 9.59 Å². The van der Waals surface area contributed by atoms with E-state index in [0.29, 0.717) is 11.3 Å². The SMILES string of the molecule is Cc1nc(C(=O)N2CC(=O)NCC2C(=O)O)ccc1C#N. The molecule has 8 heteroatoms. The average Bonchev–Trinajstić information content (AvgIpc) is 2.45. The Morgan fingerprint density at radius 1 is 1.52 bits per heavy atom. The smallest absolute Gasteiger partial charge is 0.328 e. The third kappa shape index (κ3) is 2.81. The van der Waals surface area contributed by atoms with Gasteiger partial charge in [-0.25, -0.2) is 9.78 Å². The molecule has 2 rings (SSSR count). The highest BCUT2D eigenvalue weighted by atomic mass is 16.4. The van der Waals surface area contributed by atoms with Crippen molar-refractivity contribution in [2.24, 2.45) is 0 Å². The van der Waals surface area contributed by atoms with E-state index in [2.05, 4.69) is 10.3 Å². The van der Waals surface area contributed by atoms with E-state index in [1.54, 1.807) is 6.92 Å². The number of piperazine rings is 1. The number of hydrogen-bond donors (Lipinski definition) is 2. The summed E-state index contributed by atoms with van der Waals surface area (Å²) in [5.41, 5.74) is 0.710. The summed E-state index contributed by atoms with van der Waals surface area (Å²) in [5, 5.41) is 20.4. The van der Waals surface area contributed by atoms with Crippen molar-refractivity contribution in [3.8, 4) is 6.07 Å². The zero-order valence-corrected chi connectivity index (χ0v) is 11.2. The minimum Gasteiger partial charge on any atom is -0.480 e. The van der Waals surface area contributed by atoms with Crippen molar-refractivity contribution in [3.05, 3.63) is 29.1 Å². The van der Waals surface area contributed by atoms with Crippen LogP contribution in [0.15, 0.2) is 12.1 Å². The van der Waals surface area contributed by atoms with Gasteiger partial charge in [-0.2, -0.15) is 5.26 Å². The lowest BCUT2D eigenvalue weighted by Crippen LogP contribution is -2.59. The summed E-state index contributed by atoms with van der Waals surface area (Å²) in [5.74, 6) is -2.27. The second kappa shape index (κ2) is 5.58. The molecule has 0 aromatic carbocycles. The van der Waals surface area contributed by atoms with Crippen LogP contribution in [-0.4, -0.2) is 51.9 Å². The summed E-state index contributed by atoms with van der Waals surface area (Å²) in [6, 6.07) is 3.58. The Morgan fingerprint density at radius 3 is 2.81 bits per heavy atom. The summed E-state index contributed by atoms with van der Waals surface area (Å²) in [7, 11) is 0. The zero-order valence-electron chi connectivity index (χ0n) is 11.2. The third-order valence-electron chi connectivity index (χ3n) is 3.15. The molecule has 1 saturated heterocycles. The van der Waals surface area contributed by atoms with E-state index in [1.165, 1.54) is 12.1 Å². The normalized spacial score (nSPS) is 17.8. The topological polar surface area (TPSA) is 123 Å². The fourth-order valence-electron chi connectivity index (χ4n) is 2.02. The summed E-state index contributed by atoms with van der Waals surface area (Å²) in [6.07, 6.45) is 0. The van der Waals surface area contributed by atoms with Gasteiger partial charge in [0.15, 0.2) is 0 Å². The van der Waals surface area contributed by atoms with E-state index in [-0.39, 0.29) is 18.8 Å². The lowest BCUT2D eigenvalue weighted by Gasteiger charge is -2.32. The van der Waals surface area contributed by atoms with Crippen molar-refractivity contribution >= 4 is 17.8 Å². The van der Waals surface area contributed by atoms with Crippen LogP contribution in [0.2, 0.25) is 0 Å². The predicted octanol–water partition coefficient (Wildman–Crippen LogP) is -0.713. The molecule has 1 aliphatic rings. The van der Waals surface area contributed by atoms with Crippen LogP contribution >= 0.6 is 0 Å². The molecule has 108 valence electrons. The molecule has 2 N–H and O–H groups in total. The van der Waals surface area contributed by atoms with Crippen LogP contribution in [0.3, 0.4) is 0 Å². The molecule has 1 unspecified atom stereocenters. The minimum absolute atomic E-state index is 0.00690. The molecule has 0 aliphatic carbocycles. The second-order valence-corrected chi connectivity index (χ2v) is 4.53. The van der Waals surface area contributed by atoms with Crippen molar-refractivity contribution in [1.29, 1.82) is 5.26 Å². The van der Waals surface area contributed by atoms with Crippen molar-refractivity contribution < 1.29 is 19.5 Å². The van der Waals surface area contributed by atoms with Gasteiger partial charge in [0.25, 0.3) is 5.91 Å². The number of pyridine rings is 1. The maximum absolute atomic E-state index is 12.3. The van der Waals surface area contributed by atoms with Crippen molar-refractivity contribution in [2.75, 3.05) is 13.1 Å². The lowest BCUT2D eigenvalue weighted by molar-refractivity contribution is -0.144. The highest BCUT2D eigenvalue weighted by molar-refractivity contribution is 5.98. The first-order valence-corrected chi connectivity index (χ1v) is 6.12. The van der Waals surface area contributed by atoms with Crippen molar-refractivity contribution in [3.63, 3.8) is 0 Å². The van der Waals surface area contributed by atoms with Gasteiger partial charge in [-0.1, -0.05) is 0 Å². The number of carbonyl (C=O) groups is 3. The molecule has 21 heavy (non-hydrogen) atoms. The van der Waals surface area contributed by atoms with E-state index >= 15 is 0 Å². The molecule has 0 saturated carbocycles. The molecule has 1 aromatic heterocycles. The molecular weight excluding hydrogens is 276 g/mol. The molecule has 0 bridgehead atoms. The molecule has 2 amide bonds. The Kier molecular flexibility index (Phi) is 3.84. The number of aromatic nitrogens is 1. The van der Waals surface area contributed by atoms with Crippen LogP contribution in [0.1, 0.15) is 21.7 Å². The fourth-order valence-corrected chi connectivity index (χ4v) is 2.02. The first-order valence-electron chi connectivity index (χ1n) is 6.12. The van der Waals surface area contributed by atoms with E-state index in [0.717, 1.165) is 4.90 Å². The van der Waals surface area contributed by atoms with Crippen LogP contribution < -0.4 is 5.32 Å². The van der Waals surface area contributed by atoms with Gasteiger partial charge in [-0.15, -0.1) is 0 Å². The molecule has 1 aromatic rings. The number of nitriles is 1. The number of aryl methyl sites for hydroxylation is 1. The zero-order chi connectivity index (χ0) is 15.6. The van der Waals surface area contributed by atoms with E-state index in [9.17, 15) is 14.4 Å². The Balaban J connectivity index is 2.32. The standard InChI is InChI=1S/C13H12N4O4/c1-7-8(4-14)2-3-9(16-7)12(19)17-6-11(18)15-5-10(17)13(20)21/h2-3,10H,5-6H2,1H3,(H,15,18)(H,20,21). The van der Waals surface area contributed by atoms with E-state index < -0.39 is 23.8 Å². The summed E-state index contributed by atoms with van der Waals surface area (Å²) in [6.45, 7) is 1.10. The summed E-state index contributed by atoms with van der Waals surface area (Å²) >= 11 is 0. The lowest BCUT2D eigenvalue weighted by atomic mass is 10.1. The predicted molar refractivity (Wildman–Crippen MR) is 69.2 cm³/mol. The number of carboxylic acids is 1. The van der Waals surface area contributed by atoms with Gasteiger partial charge in [0.05, 0.1) is 11.3 Å². The average molecular weight is 288 g/mol. The molecule has 1 atom stereocenters. The number of aliphatic carboxylic acids is 1. The van der Waals surface area contributed by atoms with Crippen LogP contribution in [0, 0.1) is 18.3 Å². The quantitative estimate of drug-likeness (QED) is 0.740. The molecule has 0 spiro atoms. The first kappa shape index (κ1) is 14.5. The molecule has 1 aliphatic heterocycles. The Hall–Kier alpha value is -2.95. The molecule has 1 fully saturated rings. The maximum Gasteiger partial charge on any atom is 0.328 e. The van der Waals surface area contributed by atoms with Crippen molar-refractivity contribution in [1.82, 2.24) is 15.2 Å². The number of hydrogen-bond acceptors (Lipinski definition) is 5. The molecule has 8 nitrogen and oxygen atoms in total. The van der Waals surface area contributed by atoms with Gasteiger partial charge in [0.2, 0.25) is 5.91 Å². The van der Waals surface area contributed by atoms with Gasteiger partial charge in [-0.3, -0.25) is 9.59 Å². The number of nitrogens with one attached hydrogen (secondary N) is 1. The summed E-state index contributed by atoms with van der Waals surface area (Å²) in [4.78, 5) is 39.9. The number of carboxylic acid groups (broad SMARTS) is 1. The monoisotopic (exact) mass is 288 g/mol. The van der Waals surface area contributed by atoms with Crippen molar-refractivity contribution in [2.45, 2.75) is 13.0 Å². The van der Waals surface area contributed by atoms with E-state index in [4.69, 9.17) is 10.4 Å². The van der Waals surface area contributed by atoms with Gasteiger partial charge in [-0.05, 0) is 19.1 Å².